The minimum absolute atomic E-state index is 0.869. The molecule has 0 unspecified atom stereocenters. The Bertz CT molecular complexity index is 3270. The van der Waals surface area contributed by atoms with Crippen LogP contribution in [0.25, 0.3) is 72.3 Å². The van der Waals surface area contributed by atoms with Crippen LogP contribution in [0, 0.1) is 0 Å². The second kappa shape index (κ2) is 14.5. The number of fused-ring (bicyclic) bond motifs is 4. The van der Waals surface area contributed by atoms with E-state index in [0.29, 0.717) is 0 Å². The molecule has 0 bridgehead atoms. The molecule has 0 amide bonds. The molecule has 0 fully saturated rings. The molecule has 0 aliphatic carbocycles. The average molecular weight is 757 g/mol. The van der Waals surface area contributed by atoms with E-state index in [1.54, 1.807) is 0 Å². The largest absolute Gasteiger partial charge is 0.310 e. The van der Waals surface area contributed by atoms with Crippen molar-refractivity contribution in [3.05, 3.63) is 231 Å². The first-order chi connectivity index (χ1) is 29.3. The summed E-state index contributed by atoms with van der Waals surface area (Å²) in [6.45, 7) is 0. The zero-order valence-electron chi connectivity index (χ0n) is 32.2. The third-order valence-electron chi connectivity index (χ3n) is 11.3. The summed E-state index contributed by atoms with van der Waals surface area (Å²) in [5, 5.41) is 2.36. The minimum Gasteiger partial charge on any atom is -0.310 e. The molecule has 5 heteroatoms. The maximum absolute atomic E-state index is 5.04. The van der Waals surface area contributed by atoms with E-state index in [2.05, 4.69) is 243 Å². The lowest BCUT2D eigenvalue weighted by molar-refractivity contribution is 1.01. The number of hydrogen-bond donors (Lipinski definition) is 0. The summed E-state index contributed by atoms with van der Waals surface area (Å²) in [7, 11) is 0. The first kappa shape index (κ1) is 34.2. The Hall–Kier alpha value is -8.02. The number of hydrogen-bond acceptors (Lipinski definition) is 2. The Kier molecular flexibility index (Phi) is 8.41. The molecule has 11 rings (SSSR count). The van der Waals surface area contributed by atoms with Crippen LogP contribution in [0.3, 0.4) is 0 Å². The van der Waals surface area contributed by atoms with E-state index in [1.807, 2.05) is 6.20 Å². The van der Waals surface area contributed by atoms with Gasteiger partial charge in [-0.05, 0) is 89.0 Å². The maximum Gasteiger partial charge on any atom is 0.168 e. The van der Waals surface area contributed by atoms with Crippen molar-refractivity contribution < 1.29 is 0 Å². The molecule has 0 saturated carbocycles. The van der Waals surface area contributed by atoms with Crippen LogP contribution in [0.1, 0.15) is 0 Å². The van der Waals surface area contributed by atoms with Gasteiger partial charge in [-0.3, -0.25) is 4.57 Å². The molecule has 0 saturated heterocycles. The van der Waals surface area contributed by atoms with Gasteiger partial charge in [0.1, 0.15) is 17.2 Å². The highest BCUT2D eigenvalue weighted by Gasteiger charge is 2.21. The van der Waals surface area contributed by atoms with E-state index in [1.165, 1.54) is 27.5 Å². The lowest BCUT2D eigenvalue weighted by Gasteiger charge is -2.25. The Morgan fingerprint density at radius 3 is 1.69 bits per heavy atom. The highest BCUT2D eigenvalue weighted by molar-refractivity contribution is 6.10. The van der Waals surface area contributed by atoms with Crippen molar-refractivity contribution in [3.8, 4) is 39.4 Å². The number of rotatable bonds is 8. The van der Waals surface area contributed by atoms with Gasteiger partial charge in [0.25, 0.3) is 0 Å². The number of benzene rings is 8. The van der Waals surface area contributed by atoms with Crippen molar-refractivity contribution >= 4 is 49.9 Å². The molecule has 3 heterocycles. The van der Waals surface area contributed by atoms with Crippen molar-refractivity contribution in [1.29, 1.82) is 0 Å². The van der Waals surface area contributed by atoms with Crippen LogP contribution < -0.4 is 4.90 Å². The van der Waals surface area contributed by atoms with Gasteiger partial charge in [-0.15, -0.1) is 0 Å². The van der Waals surface area contributed by atoms with E-state index in [-0.39, 0.29) is 0 Å². The van der Waals surface area contributed by atoms with Gasteiger partial charge in [-0.1, -0.05) is 133 Å². The molecule has 0 aliphatic rings. The zero-order valence-corrected chi connectivity index (χ0v) is 32.2. The molecule has 3 aromatic heterocycles. The molecule has 0 atom stereocenters. The van der Waals surface area contributed by atoms with E-state index in [9.17, 15) is 0 Å². The standard InChI is InChI=1S/C54H38N5/c1-4-17-39(18-5-1)46-25-10-11-26-47(46)40-33-34-55-54(35-40)59-50-28-13-12-27-48(50)49-32-31-45(37-53(49)59)58(42-21-8-3-9-22-42)44-24-16-23-43(36-44)57-38-56(41-19-6-2-7-20-41)51-29-14-15-30-52(51)57/h1-38H/q+1. The molecule has 59 heavy (non-hydrogen) atoms. The van der Waals surface area contributed by atoms with Gasteiger partial charge in [0, 0.05) is 46.5 Å². The third-order valence-corrected chi connectivity index (χ3v) is 11.3. The minimum atomic E-state index is 0.869. The second-order valence-corrected chi connectivity index (χ2v) is 14.7. The normalized spacial score (nSPS) is 11.4. The predicted octanol–water partition coefficient (Wildman–Crippen LogP) is 14.0. The Balaban J connectivity index is 1.08. The average Bonchev–Trinajstić information content (AvgIpc) is 3.87. The molecular weight excluding hydrogens is 719 g/mol. The summed E-state index contributed by atoms with van der Waals surface area (Å²) < 4.78 is 6.86. The van der Waals surface area contributed by atoms with Gasteiger partial charge >= 0.3 is 0 Å². The second-order valence-electron chi connectivity index (χ2n) is 14.7. The lowest BCUT2D eigenvalue weighted by Crippen LogP contribution is -2.10. The topological polar surface area (TPSA) is 30.9 Å². The molecule has 0 aliphatic heterocycles. The molecule has 0 radical (unpaired) electrons. The quantitative estimate of drug-likeness (QED) is 0.145. The van der Waals surface area contributed by atoms with Gasteiger partial charge in [0.15, 0.2) is 17.4 Å². The fourth-order valence-electron chi connectivity index (χ4n) is 8.58. The third kappa shape index (κ3) is 6.04. The predicted molar refractivity (Wildman–Crippen MR) is 245 cm³/mol. The van der Waals surface area contributed by atoms with E-state index in [0.717, 1.165) is 61.9 Å². The number of aromatic nitrogens is 4. The first-order valence-electron chi connectivity index (χ1n) is 20.0. The van der Waals surface area contributed by atoms with E-state index < -0.39 is 0 Å². The van der Waals surface area contributed by atoms with Crippen LogP contribution in [0.4, 0.5) is 17.1 Å². The SMILES string of the molecule is c1ccc(-c2ccccc2-c2ccnc(-n3c4ccccc4c4ccc(N(c5ccccc5)c5cccc(-n6[cH+]n(-c7ccccc7)c7ccccc76)c5)cc43)c2)cc1. The van der Waals surface area contributed by atoms with E-state index >= 15 is 0 Å². The van der Waals surface area contributed by atoms with Gasteiger partial charge in [-0.2, -0.15) is 9.13 Å². The van der Waals surface area contributed by atoms with Crippen molar-refractivity contribution in [1.82, 2.24) is 18.7 Å². The molecule has 278 valence electrons. The molecule has 8 aromatic carbocycles. The molecule has 0 N–H and O–H groups in total. The monoisotopic (exact) mass is 756 g/mol. The summed E-state index contributed by atoms with van der Waals surface area (Å²) in [6.07, 6.45) is 4.13. The molecular formula is C54H38N5+. The molecule has 5 nitrogen and oxygen atoms in total. The van der Waals surface area contributed by atoms with Gasteiger partial charge in [0.2, 0.25) is 0 Å². The zero-order chi connectivity index (χ0) is 39.1. The number of pyridine rings is 1. The van der Waals surface area contributed by atoms with Crippen LogP contribution in [0.15, 0.2) is 231 Å². The van der Waals surface area contributed by atoms with Gasteiger partial charge < -0.3 is 4.90 Å². The van der Waals surface area contributed by atoms with E-state index in [4.69, 9.17) is 4.98 Å². The van der Waals surface area contributed by atoms with Crippen molar-refractivity contribution in [2.45, 2.75) is 0 Å². The van der Waals surface area contributed by atoms with Crippen LogP contribution in [0.5, 0.6) is 0 Å². The molecule has 0 spiro atoms. The summed E-state index contributed by atoms with van der Waals surface area (Å²) >= 11 is 0. The van der Waals surface area contributed by atoms with Crippen molar-refractivity contribution in [3.63, 3.8) is 0 Å². The van der Waals surface area contributed by atoms with Gasteiger partial charge in [-0.25, -0.2) is 4.98 Å². The highest BCUT2D eigenvalue weighted by Crippen LogP contribution is 2.41. The first-order valence-corrected chi connectivity index (χ1v) is 20.0. The van der Waals surface area contributed by atoms with Crippen molar-refractivity contribution in [2.24, 2.45) is 0 Å². The number of nitrogens with zero attached hydrogens (tertiary/aromatic N) is 5. The van der Waals surface area contributed by atoms with Crippen LogP contribution in [0.2, 0.25) is 0 Å². The summed E-state index contributed by atoms with van der Waals surface area (Å²) in [5.41, 5.74) is 14.5. The van der Waals surface area contributed by atoms with Crippen LogP contribution in [-0.2, 0) is 0 Å². The number of para-hydroxylation sites is 5. The van der Waals surface area contributed by atoms with Crippen LogP contribution >= 0.6 is 0 Å². The summed E-state index contributed by atoms with van der Waals surface area (Å²) in [4.78, 5) is 7.39. The summed E-state index contributed by atoms with van der Waals surface area (Å²) in [5.74, 6) is 0.869. The smallest absolute Gasteiger partial charge is 0.168 e. The Morgan fingerprint density at radius 2 is 0.932 bits per heavy atom. The Labute approximate surface area is 342 Å². The highest BCUT2D eigenvalue weighted by atomic mass is 15.2. The Morgan fingerprint density at radius 1 is 0.373 bits per heavy atom. The lowest BCUT2D eigenvalue weighted by atomic mass is 9.95. The van der Waals surface area contributed by atoms with Crippen LogP contribution in [-0.4, -0.2) is 18.7 Å². The van der Waals surface area contributed by atoms with Crippen molar-refractivity contribution in [2.75, 3.05) is 4.90 Å². The summed E-state index contributed by atoms with van der Waals surface area (Å²) in [6, 6.07) is 77.6. The number of imidazole rings is 1. The fraction of sp³-hybridized carbons (Fsp3) is 0. The fourth-order valence-corrected chi connectivity index (χ4v) is 8.58. The number of anilines is 3. The maximum atomic E-state index is 5.04. The van der Waals surface area contributed by atoms with Gasteiger partial charge in [0.05, 0.1) is 16.7 Å². The molecule has 11 aromatic rings.